The smallest absolute Gasteiger partial charge is 0.410 e. The van der Waals surface area contributed by atoms with Gasteiger partial charge >= 0.3 is 18.1 Å². The molecule has 4 saturated carbocycles. The molecule has 10 rings (SSSR count). The van der Waals surface area contributed by atoms with Gasteiger partial charge in [-0.1, -0.05) is 49.4 Å². The van der Waals surface area contributed by atoms with E-state index >= 15 is 0 Å². The van der Waals surface area contributed by atoms with Gasteiger partial charge in [-0.2, -0.15) is 5.10 Å². The largest absolute Gasteiger partial charge is 0.455 e. The van der Waals surface area contributed by atoms with Crippen LogP contribution in [0, 0.1) is 23.2 Å². The maximum absolute atomic E-state index is 14.2. The van der Waals surface area contributed by atoms with Crippen molar-refractivity contribution in [3.63, 3.8) is 0 Å². The predicted octanol–water partition coefficient (Wildman–Crippen LogP) is 11.5. The maximum atomic E-state index is 14.2. The van der Waals surface area contributed by atoms with Crippen LogP contribution in [0.5, 0.6) is 0 Å². The summed E-state index contributed by atoms with van der Waals surface area (Å²) in [5.41, 5.74) is 5.40. The highest BCUT2D eigenvalue weighted by atomic mass is 32.1. The van der Waals surface area contributed by atoms with Crippen molar-refractivity contribution in [1.82, 2.24) is 24.6 Å². The van der Waals surface area contributed by atoms with E-state index in [2.05, 4.69) is 41.8 Å². The summed E-state index contributed by atoms with van der Waals surface area (Å²) in [6, 6.07) is 17.6. The lowest BCUT2D eigenvalue weighted by atomic mass is 9.39. The van der Waals surface area contributed by atoms with Crippen LogP contribution in [-0.2, 0) is 27.2 Å². The molecule has 5 aliphatic rings. The molecule has 0 radical (unpaired) electrons. The number of aryl methyl sites for hydroxylation is 1. The van der Waals surface area contributed by atoms with Gasteiger partial charge in [0.2, 0.25) is 0 Å². The zero-order valence-electron chi connectivity index (χ0n) is 40.3. The van der Waals surface area contributed by atoms with Crippen molar-refractivity contribution in [2.45, 2.75) is 137 Å². The van der Waals surface area contributed by atoms with Crippen LogP contribution in [-0.4, -0.2) is 86.3 Å². The summed E-state index contributed by atoms with van der Waals surface area (Å²) in [5, 5.41) is 8.62. The van der Waals surface area contributed by atoms with E-state index in [1.165, 1.54) is 17.8 Å². The molecule has 0 saturated heterocycles. The van der Waals surface area contributed by atoms with Crippen LogP contribution in [0.15, 0.2) is 60.8 Å². The van der Waals surface area contributed by atoms with Gasteiger partial charge in [0.25, 0.3) is 0 Å². The number of nitrogens with zero attached hydrogens (tertiary/aromatic N) is 6. The molecule has 4 bridgehead atoms. The van der Waals surface area contributed by atoms with Crippen LogP contribution in [0.2, 0.25) is 0 Å². The molecule has 2 unspecified atom stereocenters. The number of pyridine rings is 1. The Hall–Kier alpha value is -5.34. The number of amides is 3. The molecule has 3 amide bonds. The van der Waals surface area contributed by atoms with Crippen LogP contribution in [0.25, 0.3) is 32.6 Å². The fraction of sp³-hybridized carbons (Fsp3) is 0.538. The Kier molecular flexibility index (Phi) is 11.4. The fourth-order valence-corrected chi connectivity index (χ4v) is 13.4. The molecule has 1 N–H and O–H groups in total. The molecule has 5 aromatic rings. The molecule has 0 spiro atoms. The lowest BCUT2D eigenvalue weighted by Crippen LogP contribution is -2.64. The molecule has 14 heteroatoms. The Morgan fingerprint density at radius 3 is 2.30 bits per heavy atom. The minimum atomic E-state index is -0.748. The lowest BCUT2D eigenvalue weighted by molar-refractivity contribution is -0.248. The molecule has 350 valence electrons. The van der Waals surface area contributed by atoms with Crippen molar-refractivity contribution in [1.29, 1.82) is 0 Å². The van der Waals surface area contributed by atoms with Crippen molar-refractivity contribution in [3.8, 4) is 22.4 Å². The first-order chi connectivity index (χ1) is 31.0. The van der Waals surface area contributed by atoms with Gasteiger partial charge in [0.1, 0.15) is 11.2 Å². The van der Waals surface area contributed by atoms with Gasteiger partial charge in [0.05, 0.1) is 34.3 Å². The van der Waals surface area contributed by atoms with E-state index in [0.717, 1.165) is 89.8 Å². The van der Waals surface area contributed by atoms with E-state index in [1.54, 1.807) is 16.8 Å². The standard InChI is InChI=1S/C52H65N7O6S/c1-33-37(25-53-59(33)32-51-27-49(8)26-50(9,28-51)30-52(29-49,31-51)63-23-22-57(10)46(62)65-48(5,6)7)36-19-20-38(54-42(36)43(60)64-47(2,3)4)35-18-17-34-14-13-21-58(40(34)24-35)45(61)56-44-55-39-15-11-12-16-41(39)66-44/h11-12,15-20,24-25H,13-14,21-23,26-32H2,1-10H3,(H,55,56,61). The third-order valence-electron chi connectivity index (χ3n) is 13.8. The average Bonchev–Trinajstić information content (AvgIpc) is 3.78. The number of fused-ring (bicyclic) bond motifs is 2. The summed E-state index contributed by atoms with van der Waals surface area (Å²) in [5.74, 6) is -0.514. The number of thiazole rings is 1. The van der Waals surface area contributed by atoms with Gasteiger partial charge in [-0.05, 0) is 152 Å². The van der Waals surface area contributed by atoms with Crippen LogP contribution in [0.1, 0.15) is 122 Å². The Morgan fingerprint density at radius 1 is 0.864 bits per heavy atom. The number of urea groups is 1. The van der Waals surface area contributed by atoms with Gasteiger partial charge in [-0.25, -0.2) is 24.4 Å². The Balaban J connectivity index is 0.981. The van der Waals surface area contributed by atoms with Crippen LogP contribution >= 0.6 is 11.3 Å². The predicted molar refractivity (Wildman–Crippen MR) is 259 cm³/mol. The first-order valence-corrected chi connectivity index (χ1v) is 24.3. The minimum Gasteiger partial charge on any atom is -0.455 e. The Bertz CT molecular complexity index is 2660. The summed E-state index contributed by atoms with van der Waals surface area (Å²) in [4.78, 5) is 53.8. The van der Waals surface area contributed by atoms with Crippen LogP contribution < -0.4 is 10.2 Å². The molecule has 4 fully saturated rings. The molecule has 2 atom stereocenters. The first kappa shape index (κ1) is 45.8. The van der Waals surface area contributed by atoms with Gasteiger partial charge in [0.15, 0.2) is 10.8 Å². The summed E-state index contributed by atoms with van der Waals surface area (Å²) in [6.07, 6.45) is 9.51. The molecule has 13 nitrogen and oxygen atoms in total. The third kappa shape index (κ3) is 9.32. The molecule has 4 heterocycles. The highest BCUT2D eigenvalue weighted by molar-refractivity contribution is 7.22. The van der Waals surface area contributed by atoms with Gasteiger partial charge in [-0.15, -0.1) is 0 Å². The second-order valence-electron chi connectivity index (χ2n) is 22.5. The maximum Gasteiger partial charge on any atom is 0.410 e. The number of para-hydroxylation sites is 1. The average molecular weight is 916 g/mol. The van der Waals surface area contributed by atoms with Crippen molar-refractivity contribution >= 4 is 50.5 Å². The normalized spacial score (nSPS) is 24.6. The highest BCUT2D eigenvalue weighted by Crippen LogP contribution is 2.72. The monoisotopic (exact) mass is 915 g/mol. The quantitative estimate of drug-likeness (QED) is 0.136. The van der Waals surface area contributed by atoms with E-state index in [4.69, 9.17) is 24.3 Å². The summed E-state index contributed by atoms with van der Waals surface area (Å²) >= 11 is 1.45. The number of benzene rings is 2. The summed E-state index contributed by atoms with van der Waals surface area (Å²) in [6.45, 7) is 20.4. The number of ether oxygens (including phenoxy) is 3. The number of nitrogens with one attached hydrogen (secondary N) is 1. The number of esters is 1. The van der Waals surface area contributed by atoms with Crippen molar-refractivity contribution in [3.05, 3.63) is 77.7 Å². The summed E-state index contributed by atoms with van der Waals surface area (Å²) in [7, 11) is 1.77. The molecular formula is C52H65N7O6S. The zero-order chi connectivity index (χ0) is 47.0. The SMILES string of the molecule is Cc1c(-c2ccc(-c3ccc4c(c3)N(C(=O)Nc3nc5ccccc5s3)CCC4)nc2C(=O)OC(C)(C)C)cnn1CC12CC3(C)CC(C)(C1)CC(OCCN(C)C(=O)OC(C)(C)C)(C3)C2. The number of rotatable bonds is 10. The molecule has 1 aliphatic heterocycles. The van der Waals surface area contributed by atoms with E-state index in [1.807, 2.05) is 96.3 Å². The van der Waals surface area contributed by atoms with E-state index in [9.17, 15) is 14.4 Å². The number of hydrogen-bond donors (Lipinski definition) is 1. The summed E-state index contributed by atoms with van der Waals surface area (Å²) < 4.78 is 21.7. The van der Waals surface area contributed by atoms with Gasteiger partial charge < -0.3 is 19.1 Å². The zero-order valence-corrected chi connectivity index (χ0v) is 41.1. The Labute approximate surface area is 392 Å². The minimum absolute atomic E-state index is 0.0366. The van der Waals surface area contributed by atoms with E-state index in [-0.39, 0.29) is 39.7 Å². The second-order valence-corrected chi connectivity index (χ2v) is 23.6. The first-order valence-electron chi connectivity index (χ1n) is 23.4. The second kappa shape index (κ2) is 16.5. The number of hydrogen-bond acceptors (Lipinski definition) is 10. The number of carbonyl (C=O) groups is 3. The van der Waals surface area contributed by atoms with Crippen molar-refractivity contribution < 1.29 is 28.6 Å². The fourth-order valence-electron chi connectivity index (χ4n) is 12.5. The van der Waals surface area contributed by atoms with Gasteiger partial charge in [0, 0.05) is 54.8 Å². The number of carbonyl (C=O) groups excluding carboxylic acids is 3. The molecule has 2 aromatic carbocycles. The number of anilines is 2. The molecule has 4 aliphatic carbocycles. The topological polar surface area (TPSA) is 141 Å². The van der Waals surface area contributed by atoms with Gasteiger partial charge in [-0.3, -0.25) is 14.9 Å². The van der Waals surface area contributed by atoms with Crippen molar-refractivity contribution in [2.24, 2.45) is 16.2 Å². The molecule has 3 aromatic heterocycles. The van der Waals surface area contributed by atoms with Crippen LogP contribution in [0.3, 0.4) is 0 Å². The molecular weight excluding hydrogens is 851 g/mol. The number of aromatic nitrogens is 4. The van der Waals surface area contributed by atoms with Crippen LogP contribution in [0.4, 0.5) is 20.4 Å². The molecule has 66 heavy (non-hydrogen) atoms. The van der Waals surface area contributed by atoms with E-state index < -0.39 is 17.2 Å². The van der Waals surface area contributed by atoms with Crippen molar-refractivity contribution in [2.75, 3.05) is 37.0 Å². The number of likely N-dealkylation sites (N-methyl/N-ethyl adjacent to an activating group) is 1. The Morgan fingerprint density at radius 2 is 1.59 bits per heavy atom. The third-order valence-corrected chi connectivity index (χ3v) is 14.8. The van der Waals surface area contributed by atoms with E-state index in [0.29, 0.717) is 36.1 Å². The highest BCUT2D eigenvalue weighted by Gasteiger charge is 2.66. The lowest BCUT2D eigenvalue weighted by Gasteiger charge is -2.69.